The highest BCUT2D eigenvalue weighted by molar-refractivity contribution is 5.63. The first-order valence-corrected chi connectivity index (χ1v) is 10.3. The van der Waals surface area contributed by atoms with Gasteiger partial charge in [-0.3, -0.25) is 0 Å². The third-order valence-corrected chi connectivity index (χ3v) is 5.50. The fraction of sp³-hybridized carbons (Fsp3) is 0.308. The van der Waals surface area contributed by atoms with Gasteiger partial charge in [0.2, 0.25) is 0 Å². The fourth-order valence-corrected chi connectivity index (χ4v) is 3.84. The van der Waals surface area contributed by atoms with E-state index in [1.807, 2.05) is 38.4 Å². The maximum absolute atomic E-state index is 10.9. The molecule has 3 N–H and O–H groups in total. The lowest BCUT2D eigenvalue weighted by Gasteiger charge is -2.31. The summed E-state index contributed by atoms with van der Waals surface area (Å²) in [6.45, 7) is 0. The van der Waals surface area contributed by atoms with Gasteiger partial charge in [0.25, 0.3) is 0 Å². The summed E-state index contributed by atoms with van der Waals surface area (Å²) in [5.74, 6) is 0. The van der Waals surface area contributed by atoms with E-state index in [-0.39, 0.29) is 12.1 Å². The summed E-state index contributed by atoms with van der Waals surface area (Å²) in [5, 5.41) is 10.9. The van der Waals surface area contributed by atoms with Crippen molar-refractivity contribution >= 4 is 0 Å². The summed E-state index contributed by atoms with van der Waals surface area (Å²) < 4.78 is 0. The van der Waals surface area contributed by atoms with Crippen LogP contribution in [0.2, 0.25) is 0 Å². The van der Waals surface area contributed by atoms with Gasteiger partial charge >= 0.3 is 0 Å². The molecule has 3 heteroatoms. The first kappa shape index (κ1) is 21.3. The van der Waals surface area contributed by atoms with Gasteiger partial charge in [0.1, 0.15) is 0 Å². The van der Waals surface area contributed by atoms with E-state index in [0.29, 0.717) is 6.42 Å². The van der Waals surface area contributed by atoms with Gasteiger partial charge in [0.05, 0.1) is 6.10 Å². The van der Waals surface area contributed by atoms with Crippen LogP contribution in [0.1, 0.15) is 17.5 Å². The monoisotopic (exact) mass is 388 g/mol. The number of aliphatic hydroxyl groups excluding tert-OH is 1. The molecule has 0 aliphatic heterocycles. The summed E-state index contributed by atoms with van der Waals surface area (Å²) >= 11 is 0. The molecule has 0 aliphatic carbocycles. The Kier molecular flexibility index (Phi) is 7.59. The molecule has 152 valence electrons. The van der Waals surface area contributed by atoms with E-state index < -0.39 is 6.10 Å². The minimum Gasteiger partial charge on any atom is -0.391 e. The molecule has 3 atom stereocenters. The van der Waals surface area contributed by atoms with Crippen LogP contribution in [0.15, 0.2) is 84.9 Å². The zero-order valence-electron chi connectivity index (χ0n) is 17.4. The van der Waals surface area contributed by atoms with E-state index in [9.17, 15) is 5.11 Å². The van der Waals surface area contributed by atoms with Crippen LogP contribution >= 0.6 is 0 Å². The molecule has 3 aromatic carbocycles. The molecular weight excluding hydrogens is 356 g/mol. The van der Waals surface area contributed by atoms with Crippen LogP contribution in [0.3, 0.4) is 0 Å². The Morgan fingerprint density at radius 3 is 1.83 bits per heavy atom. The van der Waals surface area contributed by atoms with Crippen LogP contribution in [-0.2, 0) is 12.8 Å². The number of hydrogen-bond acceptors (Lipinski definition) is 3. The van der Waals surface area contributed by atoms with E-state index in [2.05, 4.69) is 65.6 Å². The molecule has 0 amide bonds. The average Bonchev–Trinajstić information content (AvgIpc) is 2.73. The minimum atomic E-state index is -0.469. The standard InChI is InChI=1S/C26H32N2O/c1-28(2)25(18-20-9-5-3-6-10-20)26(29)19-24(27)17-21-13-15-23(16-14-21)22-11-7-4-8-12-22/h3-16,24-26,29H,17-19,27H2,1-2H3/t24-,25-,26-/m0/s1. The van der Waals surface area contributed by atoms with E-state index in [1.54, 1.807) is 0 Å². The van der Waals surface area contributed by atoms with Gasteiger partial charge in [-0.25, -0.2) is 0 Å². The third-order valence-electron chi connectivity index (χ3n) is 5.50. The van der Waals surface area contributed by atoms with Gasteiger partial charge in [-0.05, 0) is 55.6 Å². The topological polar surface area (TPSA) is 49.5 Å². The minimum absolute atomic E-state index is 0.0453. The van der Waals surface area contributed by atoms with Crippen molar-refractivity contribution in [2.24, 2.45) is 5.73 Å². The first-order valence-electron chi connectivity index (χ1n) is 10.3. The Hall–Kier alpha value is -2.46. The lowest BCUT2D eigenvalue weighted by molar-refractivity contribution is 0.0638. The Labute approximate surface area is 174 Å². The highest BCUT2D eigenvalue weighted by atomic mass is 16.3. The number of nitrogens with zero attached hydrogens (tertiary/aromatic N) is 1. The van der Waals surface area contributed by atoms with Crippen molar-refractivity contribution < 1.29 is 5.11 Å². The van der Waals surface area contributed by atoms with Gasteiger partial charge in [-0.2, -0.15) is 0 Å². The smallest absolute Gasteiger partial charge is 0.0713 e. The molecule has 3 aromatic rings. The second kappa shape index (κ2) is 10.4. The highest BCUT2D eigenvalue weighted by Gasteiger charge is 2.24. The van der Waals surface area contributed by atoms with Gasteiger partial charge in [-0.15, -0.1) is 0 Å². The van der Waals surface area contributed by atoms with Crippen LogP contribution < -0.4 is 5.73 Å². The van der Waals surface area contributed by atoms with Crippen LogP contribution in [0.5, 0.6) is 0 Å². The Bertz CT molecular complexity index is 847. The summed E-state index contributed by atoms with van der Waals surface area (Å²) in [5.41, 5.74) is 11.3. The van der Waals surface area contributed by atoms with E-state index >= 15 is 0 Å². The largest absolute Gasteiger partial charge is 0.391 e. The molecule has 0 heterocycles. The molecule has 3 rings (SSSR count). The SMILES string of the molecule is CN(C)[C@@H](Cc1ccccc1)[C@@H](O)C[C@@H](N)Cc1ccc(-c2ccccc2)cc1. The van der Waals surface area contributed by atoms with E-state index in [0.717, 1.165) is 12.8 Å². The number of rotatable bonds is 9. The lowest BCUT2D eigenvalue weighted by atomic mass is 9.93. The summed E-state index contributed by atoms with van der Waals surface area (Å²) in [6.07, 6.45) is 1.69. The highest BCUT2D eigenvalue weighted by Crippen LogP contribution is 2.20. The molecule has 0 fully saturated rings. The van der Waals surface area contributed by atoms with Crippen molar-refractivity contribution in [3.05, 3.63) is 96.1 Å². The summed E-state index contributed by atoms with van der Waals surface area (Å²) in [7, 11) is 4.04. The van der Waals surface area contributed by atoms with Crippen molar-refractivity contribution in [1.29, 1.82) is 0 Å². The predicted octanol–water partition coefficient (Wildman–Crippen LogP) is 4.15. The van der Waals surface area contributed by atoms with Crippen LogP contribution in [0, 0.1) is 0 Å². The maximum Gasteiger partial charge on any atom is 0.0713 e. The van der Waals surface area contributed by atoms with Crippen molar-refractivity contribution in [2.45, 2.75) is 37.5 Å². The molecular formula is C26H32N2O. The van der Waals surface area contributed by atoms with E-state index in [4.69, 9.17) is 5.73 Å². The van der Waals surface area contributed by atoms with Crippen molar-refractivity contribution in [3.8, 4) is 11.1 Å². The molecule has 0 aliphatic rings. The zero-order chi connectivity index (χ0) is 20.6. The second-order valence-corrected chi connectivity index (χ2v) is 8.05. The molecule has 0 bridgehead atoms. The number of likely N-dealkylation sites (N-methyl/N-ethyl adjacent to an activating group) is 1. The molecule has 0 spiro atoms. The molecule has 0 unspecified atom stereocenters. The van der Waals surface area contributed by atoms with Crippen molar-refractivity contribution in [3.63, 3.8) is 0 Å². The number of aliphatic hydroxyl groups is 1. The quantitative estimate of drug-likeness (QED) is 0.579. The number of nitrogens with two attached hydrogens (primary N) is 1. The molecule has 3 nitrogen and oxygen atoms in total. The van der Waals surface area contributed by atoms with Gasteiger partial charge in [0, 0.05) is 12.1 Å². The average molecular weight is 389 g/mol. The Morgan fingerprint density at radius 1 is 0.724 bits per heavy atom. The zero-order valence-corrected chi connectivity index (χ0v) is 17.4. The molecule has 0 saturated heterocycles. The molecule has 0 saturated carbocycles. The van der Waals surface area contributed by atoms with Crippen LogP contribution in [-0.4, -0.2) is 42.3 Å². The van der Waals surface area contributed by atoms with Gasteiger partial charge in [0.15, 0.2) is 0 Å². The molecule has 29 heavy (non-hydrogen) atoms. The van der Waals surface area contributed by atoms with Crippen molar-refractivity contribution in [2.75, 3.05) is 14.1 Å². The van der Waals surface area contributed by atoms with Crippen molar-refractivity contribution in [1.82, 2.24) is 4.90 Å². The van der Waals surface area contributed by atoms with E-state index in [1.165, 1.54) is 22.3 Å². The second-order valence-electron chi connectivity index (χ2n) is 8.05. The maximum atomic E-state index is 10.9. The predicted molar refractivity (Wildman–Crippen MR) is 122 cm³/mol. The summed E-state index contributed by atoms with van der Waals surface area (Å²) in [6, 6.07) is 29.2. The number of benzene rings is 3. The van der Waals surface area contributed by atoms with Crippen LogP contribution in [0.25, 0.3) is 11.1 Å². The van der Waals surface area contributed by atoms with Gasteiger partial charge < -0.3 is 15.7 Å². The Balaban J connectivity index is 1.57. The third kappa shape index (κ3) is 6.26. The molecule has 0 radical (unpaired) electrons. The summed E-state index contributed by atoms with van der Waals surface area (Å²) in [4.78, 5) is 2.10. The first-order chi connectivity index (χ1) is 14.0. The molecule has 0 aromatic heterocycles. The fourth-order valence-electron chi connectivity index (χ4n) is 3.84. The van der Waals surface area contributed by atoms with Gasteiger partial charge in [-0.1, -0.05) is 84.9 Å². The Morgan fingerprint density at radius 2 is 1.24 bits per heavy atom. The number of hydrogen-bond donors (Lipinski definition) is 2. The lowest BCUT2D eigenvalue weighted by Crippen LogP contribution is -2.44. The van der Waals surface area contributed by atoms with Crippen LogP contribution in [0.4, 0.5) is 0 Å². The normalized spacial score (nSPS) is 14.5.